The molecule has 7 heteroatoms. The third kappa shape index (κ3) is 4.15. The third-order valence-corrected chi connectivity index (χ3v) is 6.88. The first-order valence-corrected chi connectivity index (χ1v) is 11.5. The van der Waals surface area contributed by atoms with Crippen LogP contribution in [0.2, 0.25) is 0 Å². The first kappa shape index (κ1) is 19.7. The Balaban J connectivity index is 1.44. The Morgan fingerprint density at radius 2 is 1.87 bits per heavy atom. The van der Waals surface area contributed by atoms with Gasteiger partial charge in [-0.05, 0) is 35.9 Å². The molecule has 3 N–H and O–H groups in total. The molecule has 5 aromatic rings. The minimum absolute atomic E-state index is 0.0678. The number of nitrogen functional groups attached to an aromatic ring is 1. The number of nitrogens with zero attached hydrogens (tertiary/aromatic N) is 1. The number of nitrogens with two attached hydrogens (primary N) is 1. The molecule has 1 atom stereocenters. The van der Waals surface area contributed by atoms with E-state index < -0.39 is 0 Å². The molecule has 5 rings (SSSR count). The second-order valence-electron chi connectivity index (χ2n) is 6.97. The van der Waals surface area contributed by atoms with Crippen molar-refractivity contribution in [3.05, 3.63) is 89.3 Å². The van der Waals surface area contributed by atoms with Gasteiger partial charge in [-0.1, -0.05) is 60.3 Å². The van der Waals surface area contributed by atoms with Crippen molar-refractivity contribution in [2.24, 2.45) is 5.73 Å². The van der Waals surface area contributed by atoms with Gasteiger partial charge in [-0.25, -0.2) is 4.98 Å². The van der Waals surface area contributed by atoms with Gasteiger partial charge in [-0.15, -0.1) is 11.3 Å². The molecule has 0 aliphatic heterocycles. The number of aromatic nitrogens is 1. The Hall–Kier alpha value is -3.29. The topological polar surface area (TPSA) is 85.1 Å². The van der Waals surface area contributed by atoms with Crippen LogP contribution < -0.4 is 10.5 Å². The van der Waals surface area contributed by atoms with Gasteiger partial charge in [0.1, 0.15) is 23.2 Å². The fourth-order valence-electron chi connectivity index (χ4n) is 3.35. The summed E-state index contributed by atoms with van der Waals surface area (Å²) in [6, 6.07) is 25.7. The van der Waals surface area contributed by atoms with E-state index >= 15 is 0 Å². The minimum atomic E-state index is -0.201. The number of amidine groups is 1. The van der Waals surface area contributed by atoms with Crippen LogP contribution in [-0.4, -0.2) is 16.6 Å². The molecule has 5 nitrogen and oxygen atoms in total. The van der Waals surface area contributed by atoms with Crippen LogP contribution in [0.15, 0.2) is 88.5 Å². The number of ether oxygens (including phenoxy) is 1. The number of rotatable bonds is 7. The molecule has 0 radical (unpaired) electrons. The molecule has 154 valence electrons. The lowest BCUT2D eigenvalue weighted by atomic mass is 10.1. The van der Waals surface area contributed by atoms with Crippen LogP contribution in [0.5, 0.6) is 5.75 Å². The van der Waals surface area contributed by atoms with Gasteiger partial charge in [0, 0.05) is 15.8 Å². The van der Waals surface area contributed by atoms with Gasteiger partial charge in [0.15, 0.2) is 5.58 Å². The normalized spacial score (nSPS) is 12.3. The average Bonchev–Trinajstić information content (AvgIpc) is 3.41. The van der Waals surface area contributed by atoms with Crippen molar-refractivity contribution in [3.63, 3.8) is 0 Å². The fraction of sp³-hybridized carbons (Fsp3) is 0.0833. The molecule has 2 heterocycles. The molecule has 0 saturated carbocycles. The fourth-order valence-corrected chi connectivity index (χ4v) is 5.15. The van der Waals surface area contributed by atoms with Gasteiger partial charge in [-0.2, -0.15) is 0 Å². The molecule has 1 unspecified atom stereocenters. The lowest BCUT2D eigenvalue weighted by molar-refractivity contribution is 0.234. The number of hydrogen-bond donors (Lipinski definition) is 2. The number of fused-ring (bicyclic) bond motifs is 2. The van der Waals surface area contributed by atoms with Crippen molar-refractivity contribution < 1.29 is 9.15 Å². The molecule has 0 spiro atoms. The van der Waals surface area contributed by atoms with E-state index in [1.807, 2.05) is 66.7 Å². The summed E-state index contributed by atoms with van der Waals surface area (Å²) in [5.74, 6) is 1.48. The molecule has 3 aromatic carbocycles. The van der Waals surface area contributed by atoms with Gasteiger partial charge in [0.2, 0.25) is 0 Å². The van der Waals surface area contributed by atoms with Crippen LogP contribution in [0.1, 0.15) is 16.5 Å². The van der Waals surface area contributed by atoms with Crippen molar-refractivity contribution in [2.75, 3.05) is 5.75 Å². The summed E-state index contributed by atoms with van der Waals surface area (Å²) in [6.07, 6.45) is -0.201. The van der Waals surface area contributed by atoms with Gasteiger partial charge < -0.3 is 14.9 Å². The van der Waals surface area contributed by atoms with Crippen molar-refractivity contribution in [1.82, 2.24) is 4.98 Å². The maximum absolute atomic E-state index is 7.75. The molecule has 0 amide bonds. The second-order valence-corrected chi connectivity index (χ2v) is 9.02. The lowest BCUT2D eigenvalue weighted by Crippen LogP contribution is -2.10. The lowest BCUT2D eigenvalue weighted by Gasteiger charge is -2.19. The highest BCUT2D eigenvalue weighted by molar-refractivity contribution is 7.99. The van der Waals surface area contributed by atoms with Gasteiger partial charge in [0.25, 0.3) is 5.22 Å². The highest BCUT2D eigenvalue weighted by atomic mass is 32.2. The maximum atomic E-state index is 7.75. The molecular formula is C24H19N3O2S2. The summed E-state index contributed by atoms with van der Waals surface area (Å²) in [7, 11) is 0. The van der Waals surface area contributed by atoms with Crippen LogP contribution in [0.3, 0.4) is 0 Å². The van der Waals surface area contributed by atoms with Crippen molar-refractivity contribution in [1.29, 1.82) is 5.41 Å². The smallest absolute Gasteiger partial charge is 0.256 e. The predicted molar refractivity (Wildman–Crippen MR) is 127 cm³/mol. The van der Waals surface area contributed by atoms with E-state index in [2.05, 4.69) is 17.1 Å². The van der Waals surface area contributed by atoms with Crippen LogP contribution in [0.25, 0.3) is 21.2 Å². The third-order valence-electron chi connectivity index (χ3n) is 4.86. The quantitative estimate of drug-likeness (QED) is 0.176. The summed E-state index contributed by atoms with van der Waals surface area (Å²) in [6.45, 7) is 0. The Morgan fingerprint density at radius 1 is 1.06 bits per heavy atom. The number of thiophene rings is 1. The average molecular weight is 446 g/mol. The van der Waals surface area contributed by atoms with Crippen LogP contribution in [0.4, 0.5) is 0 Å². The van der Waals surface area contributed by atoms with E-state index in [9.17, 15) is 0 Å². The Morgan fingerprint density at radius 3 is 2.68 bits per heavy atom. The summed E-state index contributed by atoms with van der Waals surface area (Å²) in [4.78, 5) is 5.30. The first-order valence-electron chi connectivity index (χ1n) is 9.74. The van der Waals surface area contributed by atoms with E-state index in [1.54, 1.807) is 0 Å². The van der Waals surface area contributed by atoms with E-state index in [1.165, 1.54) is 23.1 Å². The SMILES string of the molecule is N=C(N)c1cc2c(OC(CSc3nc4ccccc4o3)c3ccccc3)cccc2s1. The zero-order valence-electron chi connectivity index (χ0n) is 16.4. The Kier molecular flexibility index (Phi) is 5.36. The molecule has 0 bridgehead atoms. The number of oxazole rings is 1. The van der Waals surface area contributed by atoms with Gasteiger partial charge >= 0.3 is 0 Å². The summed E-state index contributed by atoms with van der Waals surface area (Å²) in [5, 5.41) is 9.34. The van der Waals surface area contributed by atoms with Crippen molar-refractivity contribution in [2.45, 2.75) is 11.3 Å². The summed E-state index contributed by atoms with van der Waals surface area (Å²) in [5.41, 5.74) is 8.40. The molecule has 2 aromatic heterocycles. The number of hydrogen-bond acceptors (Lipinski definition) is 6. The van der Waals surface area contributed by atoms with Crippen molar-refractivity contribution in [3.8, 4) is 5.75 Å². The van der Waals surface area contributed by atoms with E-state index in [0.29, 0.717) is 11.0 Å². The van der Waals surface area contributed by atoms with Gasteiger partial charge in [-0.3, -0.25) is 5.41 Å². The summed E-state index contributed by atoms with van der Waals surface area (Å²) >= 11 is 3.02. The minimum Gasteiger partial charge on any atom is -0.484 e. The molecule has 0 saturated heterocycles. The van der Waals surface area contributed by atoms with Crippen LogP contribution >= 0.6 is 23.1 Å². The molecule has 31 heavy (non-hydrogen) atoms. The Bertz CT molecular complexity index is 1330. The largest absolute Gasteiger partial charge is 0.484 e. The standard InChI is InChI=1S/C24H19N3O2S2/c25-23(26)22-13-16-18(11-6-12-21(16)31-22)28-20(15-7-2-1-3-8-15)14-30-24-27-17-9-4-5-10-19(17)29-24/h1-13,20H,14H2,(H3,25,26). The first-order chi connectivity index (χ1) is 15.2. The second kappa shape index (κ2) is 8.45. The zero-order chi connectivity index (χ0) is 21.2. The van der Waals surface area contributed by atoms with Crippen LogP contribution in [-0.2, 0) is 0 Å². The molecular weight excluding hydrogens is 426 g/mol. The number of benzene rings is 3. The molecule has 0 aliphatic rings. The zero-order valence-corrected chi connectivity index (χ0v) is 18.1. The molecule has 0 aliphatic carbocycles. The maximum Gasteiger partial charge on any atom is 0.256 e. The highest BCUT2D eigenvalue weighted by Gasteiger charge is 2.18. The van der Waals surface area contributed by atoms with Crippen molar-refractivity contribution >= 4 is 50.1 Å². The number of nitrogens with one attached hydrogen (secondary N) is 1. The van der Waals surface area contributed by atoms with E-state index in [-0.39, 0.29) is 11.9 Å². The van der Waals surface area contributed by atoms with E-state index in [0.717, 1.165) is 37.4 Å². The van der Waals surface area contributed by atoms with E-state index in [4.69, 9.17) is 20.3 Å². The monoisotopic (exact) mass is 445 g/mol. The van der Waals surface area contributed by atoms with Crippen LogP contribution in [0, 0.1) is 5.41 Å². The summed E-state index contributed by atoms with van der Waals surface area (Å²) < 4.78 is 13.4. The van der Waals surface area contributed by atoms with Gasteiger partial charge in [0.05, 0.1) is 4.88 Å². The molecule has 0 fully saturated rings. The number of thioether (sulfide) groups is 1. The Labute approximate surface area is 187 Å². The highest BCUT2D eigenvalue weighted by Crippen LogP contribution is 2.36. The predicted octanol–water partition coefficient (Wildman–Crippen LogP) is 6.24. The number of para-hydroxylation sites is 2.